The summed E-state index contributed by atoms with van der Waals surface area (Å²) in [5.74, 6) is 7.80. The van der Waals surface area contributed by atoms with E-state index in [0.29, 0.717) is 11.7 Å². The zero-order valence-electron chi connectivity index (χ0n) is 13.1. The van der Waals surface area contributed by atoms with E-state index >= 15 is 0 Å². The summed E-state index contributed by atoms with van der Waals surface area (Å²) in [6, 6.07) is 7.82. The molecule has 0 N–H and O–H groups in total. The first-order valence-electron chi connectivity index (χ1n) is 7.78. The van der Waals surface area contributed by atoms with Crippen molar-refractivity contribution in [3.8, 4) is 17.6 Å². The number of nitrogens with zero attached hydrogens (tertiary/aromatic N) is 1. The van der Waals surface area contributed by atoms with Gasteiger partial charge in [-0.2, -0.15) is 0 Å². The molecule has 2 fully saturated rings. The first-order valence-corrected chi connectivity index (χ1v) is 7.78. The van der Waals surface area contributed by atoms with Crippen molar-refractivity contribution in [2.45, 2.75) is 25.8 Å². The van der Waals surface area contributed by atoms with E-state index in [-0.39, 0.29) is 6.04 Å². The van der Waals surface area contributed by atoms with Crippen molar-refractivity contribution in [2.75, 3.05) is 20.2 Å². The molecule has 114 valence electrons. The fourth-order valence-electron chi connectivity index (χ4n) is 3.27. The molecule has 0 spiro atoms. The third-order valence-corrected chi connectivity index (χ3v) is 4.54. The number of fused-ring (bicyclic) bond motifs is 2. The largest absolute Gasteiger partial charge is 0.495 e. The maximum Gasteiger partial charge on any atom is 0.154 e. The number of hydrogen-bond acceptors (Lipinski definition) is 3. The number of para-hydroxylation sites is 1. The molecule has 1 aromatic carbocycles. The topological polar surface area (TPSA) is 29.5 Å². The number of Topliss-reactive ketones (excluding diaryl/α,β-unsaturated/α-hetero) is 1. The van der Waals surface area contributed by atoms with E-state index in [1.807, 2.05) is 31.2 Å². The minimum Gasteiger partial charge on any atom is -0.495 e. The summed E-state index contributed by atoms with van der Waals surface area (Å²) in [4.78, 5) is 14.4. The Morgan fingerprint density at radius 3 is 3.00 bits per heavy atom. The number of rotatable bonds is 3. The number of piperidine rings is 1. The van der Waals surface area contributed by atoms with E-state index in [0.717, 1.165) is 42.8 Å². The van der Waals surface area contributed by atoms with Crippen LogP contribution >= 0.6 is 0 Å². The van der Waals surface area contributed by atoms with Gasteiger partial charge in [0.1, 0.15) is 5.75 Å². The average molecular weight is 295 g/mol. The third-order valence-electron chi connectivity index (χ3n) is 4.54. The third kappa shape index (κ3) is 2.93. The van der Waals surface area contributed by atoms with E-state index in [4.69, 9.17) is 4.74 Å². The highest BCUT2D eigenvalue weighted by Crippen LogP contribution is 2.31. The van der Waals surface area contributed by atoms with Crippen LogP contribution < -0.4 is 4.74 Å². The first kappa shape index (κ1) is 14.9. The maximum absolute atomic E-state index is 12.1. The van der Waals surface area contributed by atoms with Crippen molar-refractivity contribution in [3.63, 3.8) is 0 Å². The molecule has 3 unspecified atom stereocenters. The molecular formula is C19H21NO2. The Kier molecular flexibility index (Phi) is 4.31. The number of hydrogen-bond donors (Lipinski definition) is 0. The van der Waals surface area contributed by atoms with Gasteiger partial charge in [-0.05, 0) is 44.0 Å². The van der Waals surface area contributed by atoms with Crippen LogP contribution in [0.25, 0.3) is 0 Å². The van der Waals surface area contributed by atoms with E-state index in [9.17, 15) is 4.79 Å². The SMILES string of the molecule is COc1ccccc1C#CC(C)=CCC1C(=O)C2CCN1C2. The molecule has 2 aliphatic rings. The van der Waals surface area contributed by atoms with Crippen LogP contribution in [0.15, 0.2) is 35.9 Å². The molecule has 0 radical (unpaired) electrons. The monoisotopic (exact) mass is 295 g/mol. The summed E-state index contributed by atoms with van der Waals surface area (Å²) in [6.07, 6.45) is 3.92. The summed E-state index contributed by atoms with van der Waals surface area (Å²) in [5, 5.41) is 0. The molecule has 3 atom stereocenters. The molecule has 2 saturated heterocycles. The lowest BCUT2D eigenvalue weighted by Crippen LogP contribution is -2.35. The van der Waals surface area contributed by atoms with Gasteiger partial charge in [-0.3, -0.25) is 9.69 Å². The van der Waals surface area contributed by atoms with Gasteiger partial charge in [0.15, 0.2) is 5.78 Å². The van der Waals surface area contributed by atoms with Gasteiger partial charge in [0.25, 0.3) is 0 Å². The molecule has 0 aromatic heterocycles. The van der Waals surface area contributed by atoms with Crippen molar-refractivity contribution >= 4 is 5.78 Å². The Morgan fingerprint density at radius 2 is 2.27 bits per heavy atom. The van der Waals surface area contributed by atoms with Gasteiger partial charge in [0.05, 0.1) is 18.7 Å². The zero-order valence-corrected chi connectivity index (χ0v) is 13.1. The molecule has 2 aliphatic heterocycles. The van der Waals surface area contributed by atoms with Crippen LogP contribution in [0.2, 0.25) is 0 Å². The van der Waals surface area contributed by atoms with E-state index in [2.05, 4.69) is 22.8 Å². The fourth-order valence-corrected chi connectivity index (χ4v) is 3.27. The standard InChI is InChI=1S/C19H21NO2/c1-14(7-9-15-5-3-4-6-18(15)22-2)8-10-17-19(21)16-11-12-20(17)13-16/h3-6,8,16-17H,10-13H2,1-2H3. The minimum absolute atomic E-state index is 0.0850. The molecular weight excluding hydrogens is 274 g/mol. The van der Waals surface area contributed by atoms with Crippen molar-refractivity contribution in [1.82, 2.24) is 4.90 Å². The Hall–Kier alpha value is -2.05. The van der Waals surface area contributed by atoms with Gasteiger partial charge in [-0.15, -0.1) is 0 Å². The molecule has 2 heterocycles. The van der Waals surface area contributed by atoms with E-state index in [1.165, 1.54) is 0 Å². The molecule has 1 aromatic rings. The van der Waals surface area contributed by atoms with Crippen LogP contribution in [0, 0.1) is 17.8 Å². The molecule has 0 saturated carbocycles. The molecule has 3 heteroatoms. The molecule has 0 amide bonds. The summed E-state index contributed by atoms with van der Waals surface area (Å²) in [6.45, 7) is 4.03. The number of methoxy groups -OCH3 is 1. The quantitative estimate of drug-likeness (QED) is 0.803. The van der Waals surface area contributed by atoms with Gasteiger partial charge in [-0.25, -0.2) is 0 Å². The van der Waals surface area contributed by atoms with Gasteiger partial charge >= 0.3 is 0 Å². The fraction of sp³-hybridized carbons (Fsp3) is 0.421. The Bertz CT molecular complexity index is 666. The minimum atomic E-state index is 0.0850. The van der Waals surface area contributed by atoms with Crippen LogP contribution in [0.4, 0.5) is 0 Å². The smallest absolute Gasteiger partial charge is 0.154 e. The number of allylic oxidation sites excluding steroid dienone is 1. The lowest BCUT2D eigenvalue weighted by Gasteiger charge is -2.22. The number of benzene rings is 1. The number of ketones is 1. The second-order valence-corrected chi connectivity index (χ2v) is 5.97. The normalized spacial score (nSPS) is 26.7. The van der Waals surface area contributed by atoms with E-state index < -0.39 is 0 Å². The highest BCUT2D eigenvalue weighted by molar-refractivity contribution is 5.89. The lowest BCUT2D eigenvalue weighted by molar-refractivity contribution is -0.124. The summed E-state index contributed by atoms with van der Waals surface area (Å²) < 4.78 is 5.29. The predicted molar refractivity (Wildman–Crippen MR) is 86.7 cm³/mol. The number of ether oxygens (including phenoxy) is 1. The lowest BCUT2D eigenvalue weighted by atomic mass is 9.96. The van der Waals surface area contributed by atoms with Crippen molar-refractivity contribution in [2.24, 2.45) is 5.92 Å². The Balaban J connectivity index is 1.66. The first-order chi connectivity index (χ1) is 10.7. The Labute approximate surface area is 132 Å². The Morgan fingerprint density at radius 1 is 1.45 bits per heavy atom. The van der Waals surface area contributed by atoms with Gasteiger partial charge < -0.3 is 4.74 Å². The van der Waals surface area contributed by atoms with Gasteiger partial charge in [-0.1, -0.05) is 30.0 Å². The second kappa shape index (κ2) is 6.37. The molecule has 0 aliphatic carbocycles. The number of carbonyl (C=O) groups is 1. The summed E-state index contributed by atoms with van der Waals surface area (Å²) in [5.41, 5.74) is 1.89. The highest BCUT2D eigenvalue weighted by atomic mass is 16.5. The van der Waals surface area contributed by atoms with Crippen LogP contribution in [-0.2, 0) is 4.79 Å². The van der Waals surface area contributed by atoms with Gasteiger partial charge in [0, 0.05) is 12.5 Å². The highest BCUT2D eigenvalue weighted by Gasteiger charge is 2.44. The van der Waals surface area contributed by atoms with E-state index in [1.54, 1.807) is 7.11 Å². The van der Waals surface area contributed by atoms with Crippen LogP contribution in [0.3, 0.4) is 0 Å². The average Bonchev–Trinajstić information content (AvgIpc) is 3.13. The van der Waals surface area contributed by atoms with Crippen molar-refractivity contribution in [3.05, 3.63) is 41.5 Å². The molecule has 3 nitrogen and oxygen atoms in total. The van der Waals surface area contributed by atoms with Crippen LogP contribution in [0.5, 0.6) is 5.75 Å². The van der Waals surface area contributed by atoms with Gasteiger partial charge in [0.2, 0.25) is 0 Å². The molecule has 22 heavy (non-hydrogen) atoms. The second-order valence-electron chi connectivity index (χ2n) is 5.97. The number of carbonyl (C=O) groups excluding carboxylic acids is 1. The van der Waals surface area contributed by atoms with Crippen molar-refractivity contribution in [1.29, 1.82) is 0 Å². The maximum atomic E-state index is 12.1. The summed E-state index contributed by atoms with van der Waals surface area (Å²) >= 11 is 0. The van der Waals surface area contributed by atoms with Crippen molar-refractivity contribution < 1.29 is 9.53 Å². The van der Waals surface area contributed by atoms with Crippen LogP contribution in [-0.4, -0.2) is 36.9 Å². The predicted octanol–water partition coefficient (Wildman–Crippen LogP) is 2.66. The molecule has 2 bridgehead atoms. The molecule has 3 rings (SSSR count). The zero-order chi connectivity index (χ0) is 15.5. The summed E-state index contributed by atoms with van der Waals surface area (Å²) in [7, 11) is 1.65. The van der Waals surface area contributed by atoms with Crippen LogP contribution in [0.1, 0.15) is 25.3 Å².